The van der Waals surface area contributed by atoms with Crippen molar-refractivity contribution in [2.75, 3.05) is 20.2 Å². The van der Waals surface area contributed by atoms with Crippen LogP contribution in [0.15, 0.2) is 0 Å². The van der Waals surface area contributed by atoms with Crippen molar-refractivity contribution < 1.29 is 14.3 Å². The van der Waals surface area contributed by atoms with Crippen LogP contribution in [0.3, 0.4) is 0 Å². The summed E-state index contributed by atoms with van der Waals surface area (Å²) in [6.07, 6.45) is 6.84. The lowest BCUT2D eigenvalue weighted by atomic mass is 9.86. The third-order valence-corrected chi connectivity index (χ3v) is 4.23. The Morgan fingerprint density at radius 1 is 1.05 bits per heavy atom. The van der Waals surface area contributed by atoms with Gasteiger partial charge < -0.3 is 15.0 Å². The first kappa shape index (κ1) is 14.2. The average Bonchev–Trinajstić information content (AvgIpc) is 2.48. The van der Waals surface area contributed by atoms with Crippen molar-refractivity contribution >= 4 is 12.0 Å². The molecule has 1 saturated heterocycles. The van der Waals surface area contributed by atoms with Gasteiger partial charge in [-0.2, -0.15) is 0 Å². The van der Waals surface area contributed by atoms with Crippen LogP contribution in [0.1, 0.15) is 44.9 Å². The number of nitrogens with zero attached hydrogens (tertiary/aromatic N) is 1. The van der Waals surface area contributed by atoms with E-state index in [0.717, 1.165) is 51.6 Å². The number of esters is 1. The Labute approximate surface area is 114 Å². The Morgan fingerprint density at radius 3 is 2.26 bits per heavy atom. The molecule has 2 amide bonds. The highest BCUT2D eigenvalue weighted by Crippen LogP contribution is 2.25. The molecule has 108 valence electrons. The number of likely N-dealkylation sites (tertiary alicyclic amines) is 1. The average molecular weight is 268 g/mol. The van der Waals surface area contributed by atoms with E-state index in [0.29, 0.717) is 0 Å². The maximum atomic E-state index is 12.1. The van der Waals surface area contributed by atoms with Crippen LogP contribution in [0.25, 0.3) is 0 Å². The van der Waals surface area contributed by atoms with E-state index in [-0.39, 0.29) is 24.0 Å². The lowest BCUT2D eigenvalue weighted by Gasteiger charge is -2.32. The van der Waals surface area contributed by atoms with Crippen molar-refractivity contribution in [3.05, 3.63) is 0 Å². The topological polar surface area (TPSA) is 58.6 Å². The van der Waals surface area contributed by atoms with Crippen LogP contribution < -0.4 is 5.32 Å². The van der Waals surface area contributed by atoms with Crippen LogP contribution in [0.4, 0.5) is 4.79 Å². The number of amides is 2. The molecule has 0 radical (unpaired) electrons. The molecule has 1 aliphatic heterocycles. The molecular weight excluding hydrogens is 244 g/mol. The lowest BCUT2D eigenvalue weighted by molar-refractivity contribution is -0.146. The monoisotopic (exact) mass is 268 g/mol. The third kappa shape index (κ3) is 3.85. The summed E-state index contributed by atoms with van der Waals surface area (Å²) in [6.45, 7) is 1.76. The molecule has 1 aliphatic carbocycles. The van der Waals surface area contributed by atoms with Crippen molar-refractivity contribution in [2.24, 2.45) is 5.92 Å². The number of urea groups is 1. The minimum Gasteiger partial charge on any atom is -0.469 e. The van der Waals surface area contributed by atoms with Crippen molar-refractivity contribution in [1.29, 1.82) is 0 Å². The fourth-order valence-corrected chi connectivity index (χ4v) is 3.00. The summed E-state index contributed by atoms with van der Waals surface area (Å²) in [5.74, 6) is -0.0889. The second kappa shape index (κ2) is 6.78. The van der Waals surface area contributed by atoms with E-state index in [1.807, 2.05) is 4.90 Å². The molecule has 5 heteroatoms. The van der Waals surface area contributed by atoms with Gasteiger partial charge in [-0.3, -0.25) is 4.79 Å². The molecule has 1 saturated carbocycles. The number of carbonyl (C=O) groups excluding carboxylic acids is 2. The van der Waals surface area contributed by atoms with E-state index in [1.54, 1.807) is 0 Å². The van der Waals surface area contributed by atoms with Gasteiger partial charge in [-0.25, -0.2) is 4.79 Å². The molecule has 2 fully saturated rings. The second-order valence-electron chi connectivity index (χ2n) is 5.57. The van der Waals surface area contributed by atoms with Gasteiger partial charge in [0.1, 0.15) is 0 Å². The standard InChI is InChI=1S/C14H24N2O3/c1-19-13(17)11-5-7-12(8-6-11)15-14(18)16-9-3-2-4-10-16/h11-12H,2-10H2,1H3,(H,15,18). The van der Waals surface area contributed by atoms with Crippen LogP contribution in [-0.4, -0.2) is 43.1 Å². The number of nitrogens with one attached hydrogen (secondary N) is 1. The van der Waals surface area contributed by atoms with Crippen molar-refractivity contribution in [2.45, 2.75) is 51.0 Å². The molecule has 0 atom stereocenters. The molecule has 0 aromatic carbocycles. The second-order valence-corrected chi connectivity index (χ2v) is 5.57. The number of hydrogen-bond donors (Lipinski definition) is 1. The van der Waals surface area contributed by atoms with Crippen LogP contribution in [0, 0.1) is 5.92 Å². The van der Waals surface area contributed by atoms with Crippen LogP contribution in [0.5, 0.6) is 0 Å². The number of methoxy groups -OCH3 is 1. The molecule has 0 bridgehead atoms. The summed E-state index contributed by atoms with van der Waals surface area (Å²) in [5.41, 5.74) is 0. The fourth-order valence-electron chi connectivity index (χ4n) is 3.00. The van der Waals surface area contributed by atoms with Gasteiger partial charge in [0.25, 0.3) is 0 Å². The molecule has 0 unspecified atom stereocenters. The number of ether oxygens (including phenoxy) is 1. The smallest absolute Gasteiger partial charge is 0.317 e. The molecule has 2 rings (SSSR count). The van der Waals surface area contributed by atoms with Gasteiger partial charge in [-0.15, -0.1) is 0 Å². The largest absolute Gasteiger partial charge is 0.469 e. The quantitative estimate of drug-likeness (QED) is 0.778. The molecule has 0 aromatic heterocycles. The van der Waals surface area contributed by atoms with Crippen LogP contribution >= 0.6 is 0 Å². The molecule has 0 spiro atoms. The Kier molecular flexibility index (Phi) is 5.05. The normalized spacial score (nSPS) is 27.7. The first-order chi connectivity index (χ1) is 9.20. The minimum atomic E-state index is -0.110. The van der Waals surface area contributed by atoms with Gasteiger partial charge in [0.15, 0.2) is 0 Å². The van der Waals surface area contributed by atoms with Crippen molar-refractivity contribution in [1.82, 2.24) is 10.2 Å². The Morgan fingerprint density at radius 2 is 1.68 bits per heavy atom. The van der Waals surface area contributed by atoms with E-state index in [4.69, 9.17) is 4.74 Å². The van der Waals surface area contributed by atoms with Crippen LogP contribution in [-0.2, 0) is 9.53 Å². The molecule has 0 aromatic rings. The van der Waals surface area contributed by atoms with Crippen molar-refractivity contribution in [3.8, 4) is 0 Å². The summed E-state index contributed by atoms with van der Waals surface area (Å²) in [4.78, 5) is 25.4. The summed E-state index contributed by atoms with van der Waals surface area (Å²) >= 11 is 0. The SMILES string of the molecule is COC(=O)C1CCC(NC(=O)N2CCCCC2)CC1. The number of carbonyl (C=O) groups is 2. The van der Waals surface area contributed by atoms with E-state index < -0.39 is 0 Å². The zero-order valence-corrected chi connectivity index (χ0v) is 11.7. The zero-order valence-electron chi connectivity index (χ0n) is 11.7. The van der Waals surface area contributed by atoms with Crippen LogP contribution in [0.2, 0.25) is 0 Å². The summed E-state index contributed by atoms with van der Waals surface area (Å²) in [5, 5.41) is 3.10. The number of rotatable bonds is 2. The Bertz CT molecular complexity index is 319. The number of piperidine rings is 1. The minimum absolute atomic E-state index is 0.0214. The number of hydrogen-bond acceptors (Lipinski definition) is 3. The Balaban J connectivity index is 1.72. The summed E-state index contributed by atoms with van der Waals surface area (Å²) < 4.78 is 4.77. The highest BCUT2D eigenvalue weighted by atomic mass is 16.5. The van der Waals surface area contributed by atoms with Gasteiger partial charge >= 0.3 is 12.0 Å². The lowest BCUT2D eigenvalue weighted by Crippen LogP contribution is -2.48. The van der Waals surface area contributed by atoms with Gasteiger partial charge in [-0.1, -0.05) is 0 Å². The van der Waals surface area contributed by atoms with Gasteiger partial charge in [0.05, 0.1) is 13.0 Å². The van der Waals surface area contributed by atoms with E-state index >= 15 is 0 Å². The maximum absolute atomic E-state index is 12.1. The van der Waals surface area contributed by atoms with E-state index in [9.17, 15) is 9.59 Å². The van der Waals surface area contributed by atoms with Crippen molar-refractivity contribution in [3.63, 3.8) is 0 Å². The molecular formula is C14H24N2O3. The third-order valence-electron chi connectivity index (χ3n) is 4.23. The summed E-state index contributed by atoms with van der Waals surface area (Å²) in [7, 11) is 1.44. The highest BCUT2D eigenvalue weighted by Gasteiger charge is 2.28. The predicted molar refractivity (Wildman–Crippen MR) is 71.7 cm³/mol. The first-order valence-electron chi connectivity index (χ1n) is 7.34. The molecule has 19 heavy (non-hydrogen) atoms. The van der Waals surface area contributed by atoms with E-state index in [2.05, 4.69) is 5.32 Å². The van der Waals surface area contributed by atoms with Gasteiger partial charge in [0.2, 0.25) is 0 Å². The molecule has 2 aliphatic rings. The Hall–Kier alpha value is -1.26. The maximum Gasteiger partial charge on any atom is 0.317 e. The van der Waals surface area contributed by atoms with Gasteiger partial charge in [0, 0.05) is 19.1 Å². The predicted octanol–water partition coefficient (Wildman–Crippen LogP) is 1.91. The molecule has 1 N–H and O–H groups in total. The summed E-state index contributed by atoms with van der Waals surface area (Å²) in [6, 6.07) is 0.288. The van der Waals surface area contributed by atoms with E-state index in [1.165, 1.54) is 13.5 Å². The fraction of sp³-hybridized carbons (Fsp3) is 0.857. The highest BCUT2D eigenvalue weighted by molar-refractivity contribution is 5.75. The first-order valence-corrected chi connectivity index (χ1v) is 7.34. The molecule has 5 nitrogen and oxygen atoms in total. The molecule has 1 heterocycles. The van der Waals surface area contributed by atoms with Gasteiger partial charge in [-0.05, 0) is 44.9 Å². The zero-order chi connectivity index (χ0) is 13.7.